The second-order valence-electron chi connectivity index (χ2n) is 1.86. The predicted octanol–water partition coefficient (Wildman–Crippen LogP) is 1.06. The standard InChI is InChI=1S/C3H5F4O3P/c4-2(3(5,6)7)1-11(8,9)10/h2H,1H2,(H2,8,9,10). The molecule has 0 aliphatic heterocycles. The van der Waals surface area contributed by atoms with Gasteiger partial charge in [0.15, 0.2) is 0 Å². The maximum atomic E-state index is 11.8. The Morgan fingerprint density at radius 2 is 1.73 bits per heavy atom. The lowest BCUT2D eigenvalue weighted by molar-refractivity contribution is -0.174. The largest absolute Gasteiger partial charge is 0.420 e. The SMILES string of the molecule is O=P(O)(O)CC(F)C(F)(F)F. The van der Waals surface area contributed by atoms with Gasteiger partial charge < -0.3 is 9.79 Å². The monoisotopic (exact) mass is 196 g/mol. The summed E-state index contributed by atoms with van der Waals surface area (Å²) in [6.45, 7) is 0. The van der Waals surface area contributed by atoms with E-state index in [0.29, 0.717) is 0 Å². The quantitative estimate of drug-likeness (QED) is 0.512. The third-order valence-corrected chi connectivity index (χ3v) is 1.55. The molecule has 0 rings (SSSR count). The molecule has 1 atom stereocenters. The molecule has 0 bridgehead atoms. The van der Waals surface area contributed by atoms with Gasteiger partial charge in [0.1, 0.15) is 0 Å². The Labute approximate surface area is 59.2 Å². The van der Waals surface area contributed by atoms with Gasteiger partial charge in [0.05, 0.1) is 6.16 Å². The van der Waals surface area contributed by atoms with Gasteiger partial charge in [-0.15, -0.1) is 0 Å². The predicted molar refractivity (Wildman–Crippen MR) is 27.9 cm³/mol. The maximum Gasteiger partial charge on any atom is 0.420 e. The van der Waals surface area contributed by atoms with E-state index in [1.165, 1.54) is 0 Å². The molecule has 0 saturated carbocycles. The second kappa shape index (κ2) is 3.08. The first-order valence-corrected chi connectivity index (χ1v) is 4.18. The molecule has 0 fully saturated rings. The average molecular weight is 196 g/mol. The lowest BCUT2D eigenvalue weighted by atomic mass is 10.4. The molecule has 0 spiro atoms. The van der Waals surface area contributed by atoms with Crippen LogP contribution in [-0.2, 0) is 4.57 Å². The Bertz CT molecular complexity index is 172. The highest BCUT2D eigenvalue weighted by Gasteiger charge is 2.43. The van der Waals surface area contributed by atoms with Crippen LogP contribution in [0.2, 0.25) is 0 Å². The second-order valence-corrected chi connectivity index (χ2v) is 3.55. The first-order chi connectivity index (χ1) is 4.63. The van der Waals surface area contributed by atoms with Crippen LogP contribution in [-0.4, -0.2) is 28.3 Å². The summed E-state index contributed by atoms with van der Waals surface area (Å²) < 4.78 is 55.4. The molecule has 0 aromatic carbocycles. The molecule has 0 aromatic rings. The summed E-state index contributed by atoms with van der Waals surface area (Å²) in [6, 6.07) is 0. The van der Waals surface area contributed by atoms with Crippen molar-refractivity contribution in [1.29, 1.82) is 0 Å². The Balaban J connectivity index is 4.10. The highest BCUT2D eigenvalue weighted by molar-refractivity contribution is 7.51. The highest BCUT2D eigenvalue weighted by Crippen LogP contribution is 2.39. The van der Waals surface area contributed by atoms with Gasteiger partial charge in [0.2, 0.25) is 6.17 Å². The first-order valence-electron chi connectivity index (χ1n) is 2.38. The smallest absolute Gasteiger partial charge is 0.324 e. The molecule has 0 radical (unpaired) electrons. The molecule has 8 heteroatoms. The summed E-state index contributed by atoms with van der Waals surface area (Å²) in [6.07, 6.45) is -10.5. The fraction of sp³-hybridized carbons (Fsp3) is 1.00. The van der Waals surface area contributed by atoms with Gasteiger partial charge in [-0.3, -0.25) is 4.57 Å². The van der Waals surface area contributed by atoms with Crippen LogP contribution in [0.5, 0.6) is 0 Å². The van der Waals surface area contributed by atoms with E-state index in [2.05, 4.69) is 0 Å². The van der Waals surface area contributed by atoms with Crippen LogP contribution >= 0.6 is 7.60 Å². The minimum absolute atomic E-state index is 1.81. The Kier molecular flexibility index (Phi) is 3.05. The van der Waals surface area contributed by atoms with Crippen molar-refractivity contribution in [3.63, 3.8) is 0 Å². The molecule has 0 saturated heterocycles. The van der Waals surface area contributed by atoms with E-state index in [1.807, 2.05) is 0 Å². The van der Waals surface area contributed by atoms with Crippen molar-refractivity contribution in [2.24, 2.45) is 0 Å². The molecule has 3 nitrogen and oxygen atoms in total. The Hall–Kier alpha value is -0.130. The topological polar surface area (TPSA) is 57.5 Å². The Morgan fingerprint density at radius 3 is 1.82 bits per heavy atom. The fourth-order valence-corrected chi connectivity index (χ4v) is 0.937. The van der Waals surface area contributed by atoms with Gasteiger partial charge in [0.25, 0.3) is 0 Å². The van der Waals surface area contributed by atoms with E-state index in [0.717, 1.165) is 0 Å². The van der Waals surface area contributed by atoms with E-state index >= 15 is 0 Å². The van der Waals surface area contributed by atoms with Crippen LogP contribution in [0.1, 0.15) is 0 Å². The van der Waals surface area contributed by atoms with Crippen molar-refractivity contribution in [3.8, 4) is 0 Å². The zero-order valence-electron chi connectivity index (χ0n) is 5.05. The van der Waals surface area contributed by atoms with Crippen LogP contribution in [0.4, 0.5) is 17.6 Å². The molecule has 0 aliphatic rings. The number of hydrogen-bond acceptors (Lipinski definition) is 1. The minimum Gasteiger partial charge on any atom is -0.324 e. The van der Waals surface area contributed by atoms with E-state index in [9.17, 15) is 22.1 Å². The van der Waals surface area contributed by atoms with Crippen molar-refractivity contribution >= 4 is 7.60 Å². The molecular formula is C3H5F4O3P. The summed E-state index contributed by atoms with van der Waals surface area (Å²) in [7, 11) is -4.91. The summed E-state index contributed by atoms with van der Waals surface area (Å²) in [5, 5.41) is 0. The molecule has 0 aliphatic carbocycles. The van der Waals surface area contributed by atoms with E-state index in [4.69, 9.17) is 9.79 Å². The summed E-state index contributed by atoms with van der Waals surface area (Å²) in [5.41, 5.74) is 0. The van der Waals surface area contributed by atoms with E-state index in [1.54, 1.807) is 0 Å². The lowest BCUT2D eigenvalue weighted by Gasteiger charge is -2.12. The minimum atomic E-state index is -5.19. The molecule has 0 aromatic heterocycles. The summed E-state index contributed by atoms with van der Waals surface area (Å²) >= 11 is 0. The third kappa shape index (κ3) is 5.17. The third-order valence-electron chi connectivity index (χ3n) is 0.753. The lowest BCUT2D eigenvalue weighted by Crippen LogP contribution is -2.27. The molecule has 0 heterocycles. The van der Waals surface area contributed by atoms with Crippen LogP contribution in [0, 0.1) is 0 Å². The van der Waals surface area contributed by atoms with E-state index < -0.39 is 26.1 Å². The average Bonchev–Trinajstić information content (AvgIpc) is 1.56. The van der Waals surface area contributed by atoms with Gasteiger partial charge >= 0.3 is 13.8 Å². The van der Waals surface area contributed by atoms with Crippen LogP contribution in [0.15, 0.2) is 0 Å². The zero-order valence-corrected chi connectivity index (χ0v) is 5.94. The number of halogens is 4. The van der Waals surface area contributed by atoms with Crippen molar-refractivity contribution in [2.75, 3.05) is 6.16 Å². The van der Waals surface area contributed by atoms with Gasteiger partial charge in [-0.05, 0) is 0 Å². The molecule has 0 amide bonds. The van der Waals surface area contributed by atoms with Gasteiger partial charge in [-0.1, -0.05) is 0 Å². The molecular weight excluding hydrogens is 191 g/mol. The molecule has 1 unspecified atom stereocenters. The number of alkyl halides is 4. The van der Waals surface area contributed by atoms with Gasteiger partial charge in [-0.25, -0.2) is 4.39 Å². The van der Waals surface area contributed by atoms with Crippen molar-refractivity contribution < 1.29 is 31.9 Å². The van der Waals surface area contributed by atoms with Crippen LogP contribution in [0.3, 0.4) is 0 Å². The van der Waals surface area contributed by atoms with E-state index in [-0.39, 0.29) is 0 Å². The molecule has 2 N–H and O–H groups in total. The van der Waals surface area contributed by atoms with Crippen molar-refractivity contribution in [1.82, 2.24) is 0 Å². The Morgan fingerprint density at radius 1 is 1.36 bits per heavy atom. The normalized spacial score (nSPS) is 16.5. The fourth-order valence-electron chi connectivity index (χ4n) is 0.312. The van der Waals surface area contributed by atoms with Gasteiger partial charge in [-0.2, -0.15) is 13.2 Å². The first kappa shape index (κ1) is 10.9. The summed E-state index contributed by atoms with van der Waals surface area (Å²) in [5.74, 6) is 0. The van der Waals surface area contributed by atoms with Crippen LogP contribution < -0.4 is 0 Å². The maximum absolute atomic E-state index is 11.8. The highest BCUT2D eigenvalue weighted by atomic mass is 31.2. The molecule has 68 valence electrons. The zero-order chi connectivity index (χ0) is 9.28. The van der Waals surface area contributed by atoms with Crippen LogP contribution in [0.25, 0.3) is 0 Å². The van der Waals surface area contributed by atoms with Crippen molar-refractivity contribution in [3.05, 3.63) is 0 Å². The number of rotatable bonds is 2. The van der Waals surface area contributed by atoms with Gasteiger partial charge in [0, 0.05) is 0 Å². The summed E-state index contributed by atoms with van der Waals surface area (Å²) in [4.78, 5) is 15.8. The van der Waals surface area contributed by atoms with Crippen molar-refractivity contribution in [2.45, 2.75) is 12.3 Å². The molecule has 11 heavy (non-hydrogen) atoms. The number of hydrogen-bond donors (Lipinski definition) is 2.